The van der Waals surface area contributed by atoms with Crippen LogP contribution in [0.5, 0.6) is 0 Å². The van der Waals surface area contributed by atoms with E-state index < -0.39 is 0 Å². The molecular weight excluding hydrogens is 224 g/mol. The topological polar surface area (TPSA) is 42.0 Å². The van der Waals surface area contributed by atoms with Gasteiger partial charge in [0.2, 0.25) is 5.91 Å². The molecule has 0 aliphatic rings. The van der Waals surface area contributed by atoms with Gasteiger partial charge in [-0.3, -0.25) is 4.79 Å². The summed E-state index contributed by atoms with van der Waals surface area (Å²) in [7, 11) is 0. The van der Waals surface area contributed by atoms with Crippen molar-refractivity contribution in [1.29, 1.82) is 0 Å². The molecule has 0 aliphatic carbocycles. The van der Waals surface area contributed by atoms with Gasteiger partial charge in [0.25, 0.3) is 0 Å². The highest BCUT2D eigenvalue weighted by Gasteiger charge is 2.12. The van der Waals surface area contributed by atoms with Crippen LogP contribution in [0, 0.1) is 12.8 Å². The number of hydrogen-bond donors (Lipinski definition) is 1. The minimum Gasteiger partial charge on any atom is -0.324 e. The van der Waals surface area contributed by atoms with Crippen molar-refractivity contribution in [3.63, 3.8) is 0 Å². The second kappa shape index (κ2) is 5.85. The summed E-state index contributed by atoms with van der Waals surface area (Å²) in [6.45, 7) is 5.85. The van der Waals surface area contributed by atoms with Crippen LogP contribution in [-0.2, 0) is 4.79 Å². The summed E-state index contributed by atoms with van der Waals surface area (Å²) in [4.78, 5) is 15.7. The maximum Gasteiger partial charge on any atom is 0.227 e. The summed E-state index contributed by atoms with van der Waals surface area (Å²) < 4.78 is 0. The predicted molar refractivity (Wildman–Crippen MR) is 66.7 cm³/mol. The van der Waals surface area contributed by atoms with Crippen molar-refractivity contribution in [1.82, 2.24) is 4.98 Å². The number of hydrogen-bond acceptors (Lipinski definition) is 2. The van der Waals surface area contributed by atoms with Crippen molar-refractivity contribution in [3.8, 4) is 0 Å². The fourth-order valence-electron chi connectivity index (χ4n) is 1.46. The van der Waals surface area contributed by atoms with Crippen molar-refractivity contribution in [2.24, 2.45) is 5.92 Å². The second-order valence-corrected chi connectivity index (χ2v) is 4.37. The quantitative estimate of drug-likeness (QED) is 0.820. The third kappa shape index (κ3) is 3.49. The first-order chi connectivity index (χ1) is 7.54. The highest BCUT2D eigenvalue weighted by Crippen LogP contribution is 2.17. The molecule has 1 aromatic rings. The Balaban J connectivity index is 2.66. The molecule has 0 aliphatic heterocycles. The highest BCUT2D eigenvalue weighted by molar-refractivity contribution is 6.30. The standard InChI is InChI=1S/C12H17ClN2O/c1-4-5-8(2)12(16)15-10-6-9(3)11(13)14-7-10/h6-8H,4-5H2,1-3H3,(H,15,16). The Morgan fingerprint density at radius 1 is 1.62 bits per heavy atom. The minimum absolute atomic E-state index is 0.0287. The van der Waals surface area contributed by atoms with Crippen LogP contribution in [0.4, 0.5) is 5.69 Å². The molecule has 1 rings (SSSR count). The van der Waals surface area contributed by atoms with E-state index in [0.29, 0.717) is 10.8 Å². The number of nitrogens with zero attached hydrogens (tertiary/aromatic N) is 1. The summed E-state index contributed by atoms with van der Waals surface area (Å²) in [5.41, 5.74) is 1.57. The van der Waals surface area contributed by atoms with Gasteiger partial charge in [-0.05, 0) is 25.0 Å². The summed E-state index contributed by atoms with van der Waals surface area (Å²) in [5.74, 6) is 0.0614. The fourth-order valence-corrected chi connectivity index (χ4v) is 1.56. The number of anilines is 1. The van der Waals surface area contributed by atoms with Gasteiger partial charge in [-0.15, -0.1) is 0 Å². The van der Waals surface area contributed by atoms with E-state index in [-0.39, 0.29) is 11.8 Å². The van der Waals surface area contributed by atoms with E-state index in [2.05, 4.69) is 17.2 Å². The molecule has 0 radical (unpaired) electrons. The average molecular weight is 241 g/mol. The lowest BCUT2D eigenvalue weighted by Gasteiger charge is -2.11. The predicted octanol–water partition coefficient (Wildman–Crippen LogP) is 3.42. The Labute approximate surface area is 101 Å². The lowest BCUT2D eigenvalue weighted by molar-refractivity contribution is -0.119. The van der Waals surface area contributed by atoms with Gasteiger partial charge < -0.3 is 5.32 Å². The summed E-state index contributed by atoms with van der Waals surface area (Å²) in [5, 5.41) is 3.31. The Bertz CT molecular complexity index is 379. The van der Waals surface area contributed by atoms with Gasteiger partial charge in [-0.2, -0.15) is 0 Å². The van der Waals surface area contributed by atoms with Crippen LogP contribution in [-0.4, -0.2) is 10.9 Å². The van der Waals surface area contributed by atoms with Gasteiger partial charge in [0, 0.05) is 5.92 Å². The number of halogens is 1. The molecule has 0 bridgehead atoms. The van der Waals surface area contributed by atoms with Gasteiger partial charge in [0.15, 0.2) is 0 Å². The van der Waals surface area contributed by atoms with Crippen LogP contribution in [0.3, 0.4) is 0 Å². The van der Waals surface area contributed by atoms with Gasteiger partial charge in [0.05, 0.1) is 11.9 Å². The number of amides is 1. The van der Waals surface area contributed by atoms with Crippen LogP contribution in [0.25, 0.3) is 0 Å². The number of nitrogens with one attached hydrogen (secondary N) is 1. The zero-order valence-electron chi connectivity index (χ0n) is 9.88. The van der Waals surface area contributed by atoms with E-state index in [9.17, 15) is 4.79 Å². The van der Waals surface area contributed by atoms with Crippen molar-refractivity contribution >= 4 is 23.2 Å². The Morgan fingerprint density at radius 3 is 2.88 bits per heavy atom. The number of aromatic nitrogens is 1. The zero-order valence-corrected chi connectivity index (χ0v) is 10.6. The third-order valence-corrected chi connectivity index (χ3v) is 2.85. The first kappa shape index (κ1) is 13.0. The molecule has 0 fully saturated rings. The van der Waals surface area contributed by atoms with E-state index in [4.69, 9.17) is 11.6 Å². The number of rotatable bonds is 4. The highest BCUT2D eigenvalue weighted by atomic mass is 35.5. The van der Waals surface area contributed by atoms with Crippen LogP contribution in [0.15, 0.2) is 12.3 Å². The smallest absolute Gasteiger partial charge is 0.227 e. The molecule has 1 N–H and O–H groups in total. The number of aryl methyl sites for hydroxylation is 1. The van der Waals surface area contributed by atoms with E-state index in [1.165, 1.54) is 0 Å². The maximum absolute atomic E-state index is 11.7. The molecule has 4 heteroatoms. The molecule has 1 heterocycles. The van der Waals surface area contributed by atoms with Crippen molar-refractivity contribution in [2.75, 3.05) is 5.32 Å². The molecular formula is C12H17ClN2O. The van der Waals surface area contributed by atoms with Crippen LogP contribution < -0.4 is 5.32 Å². The molecule has 16 heavy (non-hydrogen) atoms. The molecule has 0 saturated heterocycles. The van der Waals surface area contributed by atoms with E-state index in [0.717, 1.165) is 18.4 Å². The van der Waals surface area contributed by atoms with Gasteiger partial charge in [0.1, 0.15) is 5.15 Å². The van der Waals surface area contributed by atoms with Crippen molar-refractivity contribution < 1.29 is 4.79 Å². The van der Waals surface area contributed by atoms with E-state index >= 15 is 0 Å². The molecule has 0 aromatic carbocycles. The minimum atomic E-state index is 0.0287. The molecule has 0 saturated carbocycles. The average Bonchev–Trinajstić information content (AvgIpc) is 2.24. The second-order valence-electron chi connectivity index (χ2n) is 4.01. The Hall–Kier alpha value is -1.09. The molecule has 1 unspecified atom stereocenters. The zero-order chi connectivity index (χ0) is 12.1. The molecule has 3 nitrogen and oxygen atoms in total. The van der Waals surface area contributed by atoms with Crippen LogP contribution in [0.1, 0.15) is 32.3 Å². The number of carbonyl (C=O) groups is 1. The van der Waals surface area contributed by atoms with Crippen molar-refractivity contribution in [2.45, 2.75) is 33.6 Å². The number of carbonyl (C=O) groups excluding carboxylic acids is 1. The molecule has 0 spiro atoms. The fraction of sp³-hybridized carbons (Fsp3) is 0.500. The summed E-state index contributed by atoms with van der Waals surface area (Å²) in [6.07, 6.45) is 3.48. The lowest BCUT2D eigenvalue weighted by atomic mass is 10.1. The summed E-state index contributed by atoms with van der Waals surface area (Å²) in [6, 6.07) is 1.83. The molecule has 1 atom stereocenters. The maximum atomic E-state index is 11.7. The monoisotopic (exact) mass is 240 g/mol. The van der Waals surface area contributed by atoms with E-state index in [1.807, 2.05) is 19.9 Å². The first-order valence-corrected chi connectivity index (χ1v) is 5.85. The third-order valence-electron chi connectivity index (χ3n) is 2.45. The first-order valence-electron chi connectivity index (χ1n) is 5.47. The van der Waals surface area contributed by atoms with Gasteiger partial charge in [-0.1, -0.05) is 31.9 Å². The SMILES string of the molecule is CCCC(C)C(=O)Nc1cnc(Cl)c(C)c1. The number of pyridine rings is 1. The van der Waals surface area contributed by atoms with Gasteiger partial charge >= 0.3 is 0 Å². The Kier molecular flexibility index (Phi) is 4.74. The van der Waals surface area contributed by atoms with Crippen molar-refractivity contribution in [3.05, 3.63) is 23.0 Å². The Morgan fingerprint density at radius 2 is 2.31 bits per heavy atom. The molecule has 88 valence electrons. The largest absolute Gasteiger partial charge is 0.324 e. The normalized spacial score (nSPS) is 12.2. The lowest BCUT2D eigenvalue weighted by Crippen LogP contribution is -2.20. The summed E-state index contributed by atoms with van der Waals surface area (Å²) >= 11 is 5.81. The molecule has 1 amide bonds. The van der Waals surface area contributed by atoms with Crippen LogP contribution >= 0.6 is 11.6 Å². The van der Waals surface area contributed by atoms with E-state index in [1.54, 1.807) is 6.20 Å². The molecule has 1 aromatic heterocycles. The van der Waals surface area contributed by atoms with Crippen LogP contribution in [0.2, 0.25) is 5.15 Å². The van der Waals surface area contributed by atoms with Gasteiger partial charge in [-0.25, -0.2) is 4.98 Å².